The fourth-order valence-corrected chi connectivity index (χ4v) is 2.19. The molecule has 0 bridgehead atoms. The molecule has 100 valence electrons. The van der Waals surface area contributed by atoms with Gasteiger partial charge in [0.25, 0.3) is 0 Å². The normalized spacial score (nSPS) is 14.4. The van der Waals surface area contributed by atoms with Gasteiger partial charge in [-0.1, -0.05) is 50.2 Å². The minimum absolute atomic E-state index is 0.257. The van der Waals surface area contributed by atoms with Gasteiger partial charge in [0.15, 0.2) is 0 Å². The lowest BCUT2D eigenvalue weighted by molar-refractivity contribution is 0.581. The lowest BCUT2D eigenvalue weighted by Crippen LogP contribution is -2.34. The lowest BCUT2D eigenvalue weighted by Gasteiger charge is -2.26. The summed E-state index contributed by atoms with van der Waals surface area (Å²) in [6, 6.07) is 14.7. The molecule has 0 saturated carbocycles. The first-order valence-electron chi connectivity index (χ1n) is 6.56. The molecule has 0 saturated heterocycles. The van der Waals surface area contributed by atoms with Gasteiger partial charge in [0.1, 0.15) is 5.82 Å². The lowest BCUT2D eigenvalue weighted by atomic mass is 9.85. The van der Waals surface area contributed by atoms with E-state index < -0.39 is 5.54 Å². The largest absolute Gasteiger partial charge is 0.318 e. The molecule has 19 heavy (non-hydrogen) atoms. The fourth-order valence-electron chi connectivity index (χ4n) is 2.19. The maximum absolute atomic E-state index is 13.3. The standard InChI is InChI=1S/C17H20FN/c1-12(2)13-7-9-14(10-8-13)17(3,19)15-5-4-6-16(18)11-15/h4-12H,19H2,1-3H3. The summed E-state index contributed by atoms with van der Waals surface area (Å²) in [6.45, 7) is 6.22. The Morgan fingerprint density at radius 2 is 1.63 bits per heavy atom. The molecule has 0 aromatic heterocycles. The first-order valence-corrected chi connectivity index (χ1v) is 6.56. The van der Waals surface area contributed by atoms with Crippen molar-refractivity contribution in [1.82, 2.24) is 0 Å². The zero-order chi connectivity index (χ0) is 14.0. The van der Waals surface area contributed by atoms with E-state index in [1.807, 2.05) is 25.1 Å². The van der Waals surface area contributed by atoms with Crippen LogP contribution in [0.25, 0.3) is 0 Å². The van der Waals surface area contributed by atoms with E-state index in [2.05, 4.69) is 26.0 Å². The monoisotopic (exact) mass is 257 g/mol. The molecule has 0 heterocycles. The van der Waals surface area contributed by atoms with Gasteiger partial charge in [0.05, 0.1) is 5.54 Å². The van der Waals surface area contributed by atoms with Crippen molar-refractivity contribution < 1.29 is 4.39 Å². The average molecular weight is 257 g/mol. The molecule has 0 amide bonds. The summed E-state index contributed by atoms with van der Waals surface area (Å²) in [4.78, 5) is 0. The molecule has 0 spiro atoms. The number of benzene rings is 2. The van der Waals surface area contributed by atoms with Gasteiger partial charge in [0, 0.05) is 0 Å². The van der Waals surface area contributed by atoms with Crippen LogP contribution in [0, 0.1) is 5.82 Å². The molecule has 1 nitrogen and oxygen atoms in total. The summed E-state index contributed by atoms with van der Waals surface area (Å²) in [5.74, 6) is 0.236. The third-order valence-corrected chi connectivity index (χ3v) is 3.60. The molecule has 0 radical (unpaired) electrons. The molecule has 2 rings (SSSR count). The van der Waals surface area contributed by atoms with Gasteiger partial charge >= 0.3 is 0 Å². The van der Waals surface area contributed by atoms with Crippen LogP contribution in [0.2, 0.25) is 0 Å². The molecule has 2 aromatic carbocycles. The minimum atomic E-state index is -0.683. The Morgan fingerprint density at radius 1 is 1.00 bits per heavy atom. The number of hydrogen-bond donors (Lipinski definition) is 1. The number of rotatable bonds is 3. The molecule has 2 heteroatoms. The van der Waals surface area contributed by atoms with Crippen LogP contribution < -0.4 is 5.73 Å². The number of halogens is 1. The van der Waals surface area contributed by atoms with Crippen molar-refractivity contribution in [3.05, 3.63) is 71.0 Å². The van der Waals surface area contributed by atoms with Crippen molar-refractivity contribution in [2.45, 2.75) is 32.2 Å². The van der Waals surface area contributed by atoms with Crippen LogP contribution in [0.1, 0.15) is 43.4 Å². The number of hydrogen-bond acceptors (Lipinski definition) is 1. The SMILES string of the molecule is CC(C)c1ccc(C(C)(N)c2cccc(F)c2)cc1. The van der Waals surface area contributed by atoms with Crippen molar-refractivity contribution >= 4 is 0 Å². The molecule has 2 N–H and O–H groups in total. The Bertz CT molecular complexity index is 556. The Kier molecular flexibility index (Phi) is 3.72. The fraction of sp³-hybridized carbons (Fsp3) is 0.294. The van der Waals surface area contributed by atoms with Gasteiger partial charge in [-0.25, -0.2) is 4.39 Å². The quantitative estimate of drug-likeness (QED) is 0.877. The van der Waals surface area contributed by atoms with Gasteiger partial charge in [-0.2, -0.15) is 0 Å². The van der Waals surface area contributed by atoms with E-state index in [0.717, 1.165) is 11.1 Å². The van der Waals surface area contributed by atoms with Crippen LogP contribution >= 0.6 is 0 Å². The van der Waals surface area contributed by atoms with Crippen LogP contribution in [0.5, 0.6) is 0 Å². The van der Waals surface area contributed by atoms with Crippen LogP contribution in [-0.2, 0) is 5.54 Å². The van der Waals surface area contributed by atoms with E-state index in [9.17, 15) is 4.39 Å². The average Bonchev–Trinajstić information content (AvgIpc) is 2.39. The summed E-state index contributed by atoms with van der Waals surface area (Å²) in [7, 11) is 0. The summed E-state index contributed by atoms with van der Waals surface area (Å²) < 4.78 is 13.3. The Hall–Kier alpha value is -1.67. The second-order valence-corrected chi connectivity index (χ2v) is 5.49. The highest BCUT2D eigenvalue weighted by Crippen LogP contribution is 2.28. The summed E-state index contributed by atoms with van der Waals surface area (Å²) in [5.41, 5.74) is 8.75. The zero-order valence-corrected chi connectivity index (χ0v) is 11.7. The van der Waals surface area contributed by atoms with Gasteiger partial charge in [0.2, 0.25) is 0 Å². The van der Waals surface area contributed by atoms with E-state index in [-0.39, 0.29) is 5.82 Å². The molecular weight excluding hydrogens is 237 g/mol. The van der Waals surface area contributed by atoms with E-state index >= 15 is 0 Å². The van der Waals surface area contributed by atoms with Crippen molar-refractivity contribution in [2.75, 3.05) is 0 Å². The minimum Gasteiger partial charge on any atom is -0.318 e. The van der Waals surface area contributed by atoms with E-state index in [1.54, 1.807) is 6.07 Å². The Labute approximate surface area is 114 Å². The summed E-state index contributed by atoms with van der Waals surface area (Å²) >= 11 is 0. The highest BCUT2D eigenvalue weighted by atomic mass is 19.1. The van der Waals surface area contributed by atoms with Gasteiger partial charge in [-0.15, -0.1) is 0 Å². The molecule has 2 aromatic rings. The molecule has 0 aliphatic rings. The smallest absolute Gasteiger partial charge is 0.123 e. The summed E-state index contributed by atoms with van der Waals surface area (Å²) in [5, 5.41) is 0. The van der Waals surface area contributed by atoms with Crippen molar-refractivity contribution in [3.8, 4) is 0 Å². The van der Waals surface area contributed by atoms with Crippen LogP contribution in [0.4, 0.5) is 4.39 Å². The first kappa shape index (κ1) is 13.8. The third-order valence-electron chi connectivity index (χ3n) is 3.60. The predicted molar refractivity (Wildman–Crippen MR) is 77.6 cm³/mol. The summed E-state index contributed by atoms with van der Waals surface area (Å²) in [6.07, 6.45) is 0. The van der Waals surface area contributed by atoms with Crippen LogP contribution in [-0.4, -0.2) is 0 Å². The maximum Gasteiger partial charge on any atom is 0.123 e. The van der Waals surface area contributed by atoms with Crippen molar-refractivity contribution in [1.29, 1.82) is 0 Å². The maximum atomic E-state index is 13.3. The van der Waals surface area contributed by atoms with Crippen LogP contribution in [0.15, 0.2) is 48.5 Å². The highest BCUT2D eigenvalue weighted by molar-refractivity contribution is 5.38. The Morgan fingerprint density at radius 3 is 2.16 bits per heavy atom. The predicted octanol–water partition coefficient (Wildman–Crippen LogP) is 4.17. The van der Waals surface area contributed by atoms with Gasteiger partial charge < -0.3 is 5.73 Å². The van der Waals surface area contributed by atoms with Crippen molar-refractivity contribution in [2.24, 2.45) is 5.73 Å². The third kappa shape index (κ3) is 2.85. The second-order valence-electron chi connectivity index (χ2n) is 5.49. The number of nitrogens with two attached hydrogens (primary N) is 1. The topological polar surface area (TPSA) is 26.0 Å². The zero-order valence-electron chi connectivity index (χ0n) is 11.7. The molecule has 0 aliphatic heterocycles. The van der Waals surface area contributed by atoms with Crippen molar-refractivity contribution in [3.63, 3.8) is 0 Å². The first-order chi connectivity index (χ1) is 8.91. The van der Waals surface area contributed by atoms with Gasteiger partial charge in [-0.3, -0.25) is 0 Å². The Balaban J connectivity index is 2.38. The molecule has 0 fully saturated rings. The van der Waals surface area contributed by atoms with E-state index in [0.29, 0.717) is 5.92 Å². The van der Waals surface area contributed by atoms with Crippen LogP contribution in [0.3, 0.4) is 0 Å². The van der Waals surface area contributed by atoms with Gasteiger partial charge in [-0.05, 0) is 41.7 Å². The molecule has 1 unspecified atom stereocenters. The van der Waals surface area contributed by atoms with E-state index in [4.69, 9.17) is 5.73 Å². The molecular formula is C17H20FN. The molecule has 1 atom stereocenters. The highest BCUT2D eigenvalue weighted by Gasteiger charge is 2.24. The van der Waals surface area contributed by atoms with E-state index in [1.165, 1.54) is 17.7 Å². The second kappa shape index (κ2) is 5.14. The molecule has 0 aliphatic carbocycles.